The van der Waals surface area contributed by atoms with E-state index in [-0.39, 0.29) is 18.6 Å². The van der Waals surface area contributed by atoms with Crippen LogP contribution in [0.25, 0.3) is 0 Å². The standard InChI is InChI=1S/C12H20N2O2/c1-2-10(8-13)12(16)14-7-5-3-4-6-11(14)9-15/h10-11,15H,2-7,9H2,1H3. The summed E-state index contributed by atoms with van der Waals surface area (Å²) in [4.78, 5) is 13.8. The van der Waals surface area contributed by atoms with Gasteiger partial charge in [-0.3, -0.25) is 4.79 Å². The lowest BCUT2D eigenvalue weighted by Gasteiger charge is -2.30. The number of likely N-dealkylation sites (tertiary alicyclic amines) is 1. The second-order valence-electron chi connectivity index (χ2n) is 4.31. The zero-order chi connectivity index (χ0) is 12.0. The lowest BCUT2D eigenvalue weighted by molar-refractivity contribution is -0.137. The second kappa shape index (κ2) is 6.49. The highest BCUT2D eigenvalue weighted by molar-refractivity contribution is 5.81. The van der Waals surface area contributed by atoms with Crippen LogP contribution in [0.4, 0.5) is 0 Å². The van der Waals surface area contributed by atoms with Crippen LogP contribution in [0.3, 0.4) is 0 Å². The third-order valence-corrected chi connectivity index (χ3v) is 3.23. The molecule has 0 radical (unpaired) electrons. The molecule has 16 heavy (non-hydrogen) atoms. The number of nitriles is 1. The van der Waals surface area contributed by atoms with Crippen LogP contribution >= 0.6 is 0 Å². The monoisotopic (exact) mass is 224 g/mol. The molecule has 1 amide bonds. The van der Waals surface area contributed by atoms with Crippen LogP contribution in [0, 0.1) is 17.2 Å². The second-order valence-corrected chi connectivity index (χ2v) is 4.31. The van der Waals surface area contributed by atoms with Gasteiger partial charge in [0, 0.05) is 6.54 Å². The molecule has 0 saturated carbocycles. The fraction of sp³-hybridized carbons (Fsp3) is 0.833. The summed E-state index contributed by atoms with van der Waals surface area (Å²) in [5.74, 6) is -0.655. The predicted octanol–water partition coefficient (Wildman–Crippen LogP) is 1.30. The largest absolute Gasteiger partial charge is 0.394 e. The number of carbonyl (C=O) groups is 1. The Morgan fingerprint density at radius 1 is 1.56 bits per heavy atom. The molecule has 0 aliphatic carbocycles. The van der Waals surface area contributed by atoms with Crippen molar-refractivity contribution in [1.29, 1.82) is 5.26 Å². The lowest BCUT2D eigenvalue weighted by atomic mass is 10.0. The third-order valence-electron chi connectivity index (χ3n) is 3.23. The van der Waals surface area contributed by atoms with Crippen LogP contribution in [0.1, 0.15) is 39.0 Å². The Balaban J connectivity index is 2.73. The van der Waals surface area contributed by atoms with Crippen molar-refractivity contribution in [3.63, 3.8) is 0 Å². The number of hydrogen-bond donors (Lipinski definition) is 1. The molecule has 4 nitrogen and oxygen atoms in total. The SMILES string of the molecule is CCC(C#N)C(=O)N1CCCCCC1CO. The van der Waals surface area contributed by atoms with Gasteiger partial charge in [-0.25, -0.2) is 0 Å². The van der Waals surface area contributed by atoms with Crippen molar-refractivity contribution < 1.29 is 9.90 Å². The van der Waals surface area contributed by atoms with Crippen molar-refractivity contribution >= 4 is 5.91 Å². The van der Waals surface area contributed by atoms with Crippen LogP contribution in [0.2, 0.25) is 0 Å². The summed E-state index contributed by atoms with van der Waals surface area (Å²) in [7, 11) is 0. The van der Waals surface area contributed by atoms with E-state index in [0.29, 0.717) is 13.0 Å². The molecular formula is C12H20N2O2. The van der Waals surface area contributed by atoms with Crippen LogP contribution in [0.5, 0.6) is 0 Å². The molecule has 2 unspecified atom stereocenters. The molecule has 1 rings (SSSR count). The Morgan fingerprint density at radius 2 is 2.31 bits per heavy atom. The summed E-state index contributed by atoms with van der Waals surface area (Å²) in [5, 5.41) is 18.2. The molecule has 1 aliphatic heterocycles. The Labute approximate surface area is 96.9 Å². The van der Waals surface area contributed by atoms with Crippen molar-refractivity contribution in [2.45, 2.75) is 45.1 Å². The Hall–Kier alpha value is -1.08. The van der Waals surface area contributed by atoms with E-state index in [1.807, 2.05) is 13.0 Å². The summed E-state index contributed by atoms with van der Waals surface area (Å²) in [5.41, 5.74) is 0. The molecule has 0 spiro atoms. The molecule has 1 N–H and O–H groups in total. The first kappa shape index (κ1) is 13.0. The molecule has 1 aliphatic rings. The minimum atomic E-state index is -0.549. The number of hydrogen-bond acceptors (Lipinski definition) is 3. The Morgan fingerprint density at radius 3 is 2.88 bits per heavy atom. The molecule has 0 aromatic carbocycles. The summed E-state index contributed by atoms with van der Waals surface area (Å²) in [6.07, 6.45) is 4.53. The lowest BCUT2D eigenvalue weighted by Crippen LogP contribution is -2.44. The van der Waals surface area contributed by atoms with Crippen LogP contribution in [-0.2, 0) is 4.79 Å². The van der Waals surface area contributed by atoms with E-state index in [0.717, 1.165) is 25.7 Å². The molecule has 1 saturated heterocycles. The summed E-state index contributed by atoms with van der Waals surface area (Å²) < 4.78 is 0. The van der Waals surface area contributed by atoms with E-state index < -0.39 is 5.92 Å². The van der Waals surface area contributed by atoms with Gasteiger partial charge in [0.15, 0.2) is 0 Å². The highest BCUT2D eigenvalue weighted by Crippen LogP contribution is 2.19. The van der Waals surface area contributed by atoms with Crippen molar-refractivity contribution in [1.82, 2.24) is 4.90 Å². The van der Waals surface area contributed by atoms with E-state index in [2.05, 4.69) is 0 Å². The Kier molecular flexibility index (Phi) is 5.27. The first-order valence-electron chi connectivity index (χ1n) is 6.05. The predicted molar refractivity (Wildman–Crippen MR) is 60.4 cm³/mol. The van der Waals surface area contributed by atoms with Gasteiger partial charge in [0.25, 0.3) is 0 Å². The molecule has 1 fully saturated rings. The van der Waals surface area contributed by atoms with Gasteiger partial charge in [-0.1, -0.05) is 19.8 Å². The third kappa shape index (κ3) is 2.96. The molecule has 0 bridgehead atoms. The van der Waals surface area contributed by atoms with E-state index in [4.69, 9.17) is 5.26 Å². The molecule has 90 valence electrons. The first-order valence-corrected chi connectivity index (χ1v) is 6.05. The fourth-order valence-corrected chi connectivity index (χ4v) is 2.18. The maximum Gasteiger partial charge on any atom is 0.240 e. The van der Waals surface area contributed by atoms with Crippen LogP contribution in [-0.4, -0.2) is 35.1 Å². The summed E-state index contributed by atoms with van der Waals surface area (Å²) >= 11 is 0. The summed E-state index contributed by atoms with van der Waals surface area (Å²) in [6, 6.07) is 1.96. The van der Waals surface area contributed by atoms with Crippen LogP contribution in [0.15, 0.2) is 0 Å². The molecule has 0 aromatic rings. The molecule has 1 heterocycles. The maximum absolute atomic E-state index is 12.1. The van der Waals surface area contributed by atoms with Gasteiger partial charge in [-0.05, 0) is 19.3 Å². The minimum absolute atomic E-state index is 0.00754. The summed E-state index contributed by atoms with van der Waals surface area (Å²) in [6.45, 7) is 2.54. The number of aliphatic hydroxyl groups excluding tert-OH is 1. The number of carbonyl (C=O) groups excluding carboxylic acids is 1. The van der Waals surface area contributed by atoms with Gasteiger partial charge in [0.1, 0.15) is 5.92 Å². The number of amides is 1. The molecule has 4 heteroatoms. The zero-order valence-electron chi connectivity index (χ0n) is 9.85. The van der Waals surface area contributed by atoms with Crippen molar-refractivity contribution in [3.8, 4) is 6.07 Å². The number of nitrogens with zero attached hydrogens (tertiary/aromatic N) is 2. The highest BCUT2D eigenvalue weighted by atomic mass is 16.3. The minimum Gasteiger partial charge on any atom is -0.394 e. The van der Waals surface area contributed by atoms with Crippen molar-refractivity contribution in [3.05, 3.63) is 0 Å². The van der Waals surface area contributed by atoms with E-state index >= 15 is 0 Å². The number of rotatable bonds is 3. The van der Waals surface area contributed by atoms with E-state index in [9.17, 15) is 9.90 Å². The average Bonchev–Trinajstić information content (AvgIpc) is 2.55. The van der Waals surface area contributed by atoms with Gasteiger partial charge >= 0.3 is 0 Å². The van der Waals surface area contributed by atoms with E-state index in [1.165, 1.54) is 0 Å². The van der Waals surface area contributed by atoms with E-state index in [1.54, 1.807) is 4.90 Å². The van der Waals surface area contributed by atoms with Gasteiger partial charge in [0.2, 0.25) is 5.91 Å². The normalized spacial score (nSPS) is 23.3. The van der Waals surface area contributed by atoms with Crippen molar-refractivity contribution in [2.24, 2.45) is 5.92 Å². The van der Waals surface area contributed by atoms with Gasteiger partial charge in [-0.15, -0.1) is 0 Å². The van der Waals surface area contributed by atoms with Crippen LogP contribution < -0.4 is 0 Å². The smallest absolute Gasteiger partial charge is 0.240 e. The molecule has 2 atom stereocenters. The number of aliphatic hydroxyl groups is 1. The zero-order valence-corrected chi connectivity index (χ0v) is 9.85. The molecular weight excluding hydrogens is 204 g/mol. The highest BCUT2D eigenvalue weighted by Gasteiger charge is 2.29. The average molecular weight is 224 g/mol. The maximum atomic E-state index is 12.1. The van der Waals surface area contributed by atoms with Gasteiger partial charge < -0.3 is 10.0 Å². The van der Waals surface area contributed by atoms with Gasteiger partial charge in [0.05, 0.1) is 18.7 Å². The Bertz CT molecular complexity index is 273. The van der Waals surface area contributed by atoms with Crippen molar-refractivity contribution in [2.75, 3.05) is 13.2 Å². The molecule has 0 aromatic heterocycles. The first-order chi connectivity index (χ1) is 7.74. The topological polar surface area (TPSA) is 64.3 Å². The quantitative estimate of drug-likeness (QED) is 0.785. The fourth-order valence-electron chi connectivity index (χ4n) is 2.18. The van der Waals surface area contributed by atoms with Gasteiger partial charge in [-0.2, -0.15) is 5.26 Å².